The first-order chi connectivity index (χ1) is 16.1. The van der Waals surface area contributed by atoms with Crippen molar-refractivity contribution in [2.75, 3.05) is 19.6 Å². The molecule has 5 rings (SSSR count). The van der Waals surface area contributed by atoms with Crippen molar-refractivity contribution in [3.63, 3.8) is 0 Å². The predicted molar refractivity (Wildman–Crippen MR) is 127 cm³/mol. The molecule has 3 N–H and O–H groups in total. The summed E-state index contributed by atoms with van der Waals surface area (Å²) in [6.45, 7) is 2.79. The molecular formula is C26H27N3O4. The van der Waals surface area contributed by atoms with Crippen LogP contribution in [0.2, 0.25) is 0 Å². The summed E-state index contributed by atoms with van der Waals surface area (Å²) in [7, 11) is 0. The number of hydrogen-bond donors (Lipinski definition) is 3. The minimum atomic E-state index is -0.905. The van der Waals surface area contributed by atoms with Crippen molar-refractivity contribution in [2.24, 2.45) is 0 Å². The minimum absolute atomic E-state index is 0.0428. The Hall–Kier alpha value is -3.58. The lowest BCUT2D eigenvalue weighted by atomic mass is 10.0. The zero-order chi connectivity index (χ0) is 22.8. The van der Waals surface area contributed by atoms with Crippen LogP contribution in [0.3, 0.4) is 0 Å². The fourth-order valence-corrected chi connectivity index (χ4v) is 4.66. The number of nitrogens with one attached hydrogen (secondary N) is 2. The molecule has 0 spiro atoms. The third kappa shape index (κ3) is 4.64. The Labute approximate surface area is 191 Å². The first-order valence-electron chi connectivity index (χ1n) is 11.4. The summed E-state index contributed by atoms with van der Waals surface area (Å²) in [5.74, 6) is -1.16. The Kier molecular flexibility index (Phi) is 5.88. The Morgan fingerprint density at radius 3 is 2.61 bits per heavy atom. The number of carboxylic acids is 1. The van der Waals surface area contributed by atoms with Gasteiger partial charge in [0, 0.05) is 47.3 Å². The van der Waals surface area contributed by atoms with Crippen LogP contribution in [0.25, 0.3) is 21.8 Å². The molecule has 0 saturated carbocycles. The van der Waals surface area contributed by atoms with Crippen molar-refractivity contribution in [1.29, 1.82) is 0 Å². The van der Waals surface area contributed by atoms with Gasteiger partial charge in [-0.2, -0.15) is 0 Å². The zero-order valence-corrected chi connectivity index (χ0v) is 18.3. The number of benzene rings is 2. The van der Waals surface area contributed by atoms with Crippen molar-refractivity contribution in [3.05, 3.63) is 71.5 Å². The number of H-pyrrole nitrogens is 2. The zero-order valence-electron chi connectivity index (χ0n) is 18.3. The van der Waals surface area contributed by atoms with Crippen molar-refractivity contribution < 1.29 is 19.4 Å². The molecule has 7 heteroatoms. The highest BCUT2D eigenvalue weighted by Crippen LogP contribution is 2.23. The number of carbonyl (C=O) groups is 2. The first kappa shape index (κ1) is 21.3. The number of esters is 1. The summed E-state index contributed by atoms with van der Waals surface area (Å²) in [6, 6.07) is 12.7. The molecule has 0 atom stereocenters. The number of aromatic amines is 2. The third-order valence-corrected chi connectivity index (χ3v) is 6.53. The maximum Gasteiger partial charge on any atom is 0.338 e. The van der Waals surface area contributed by atoms with E-state index in [0.29, 0.717) is 11.1 Å². The Morgan fingerprint density at radius 1 is 1.00 bits per heavy atom. The van der Waals surface area contributed by atoms with Crippen LogP contribution in [0.4, 0.5) is 0 Å². The molecule has 0 aliphatic carbocycles. The number of carbonyl (C=O) groups excluding carboxylic acids is 1. The van der Waals surface area contributed by atoms with Gasteiger partial charge in [-0.1, -0.05) is 0 Å². The molecule has 0 unspecified atom stereocenters. The van der Waals surface area contributed by atoms with Crippen LogP contribution in [0.1, 0.15) is 45.5 Å². The van der Waals surface area contributed by atoms with Crippen molar-refractivity contribution >= 4 is 33.7 Å². The second-order valence-electron chi connectivity index (χ2n) is 8.71. The molecule has 7 nitrogen and oxygen atoms in total. The van der Waals surface area contributed by atoms with Crippen LogP contribution in [0, 0.1) is 0 Å². The monoisotopic (exact) mass is 445 g/mol. The highest BCUT2D eigenvalue weighted by molar-refractivity contribution is 5.95. The van der Waals surface area contributed by atoms with Gasteiger partial charge >= 0.3 is 11.9 Å². The maximum absolute atomic E-state index is 12.6. The summed E-state index contributed by atoms with van der Waals surface area (Å²) < 4.78 is 5.77. The molecule has 2 aromatic heterocycles. The van der Waals surface area contributed by atoms with E-state index in [-0.39, 0.29) is 12.1 Å². The number of carboxylic acid groups (broad SMARTS) is 1. The Balaban J connectivity index is 1.09. The molecule has 1 aliphatic rings. The van der Waals surface area contributed by atoms with Gasteiger partial charge in [0.1, 0.15) is 6.10 Å². The molecule has 2 aromatic carbocycles. The van der Waals surface area contributed by atoms with Crippen molar-refractivity contribution in [3.8, 4) is 0 Å². The average Bonchev–Trinajstić information content (AvgIpc) is 3.46. The highest BCUT2D eigenvalue weighted by Gasteiger charge is 2.23. The van der Waals surface area contributed by atoms with Gasteiger partial charge < -0.3 is 24.7 Å². The van der Waals surface area contributed by atoms with Gasteiger partial charge in [-0.15, -0.1) is 0 Å². The molecule has 1 fully saturated rings. The second kappa shape index (κ2) is 9.11. The average molecular weight is 446 g/mol. The van der Waals surface area contributed by atoms with Crippen LogP contribution in [-0.2, 0) is 11.2 Å². The van der Waals surface area contributed by atoms with Crippen LogP contribution in [0.5, 0.6) is 0 Å². The second-order valence-corrected chi connectivity index (χ2v) is 8.71. The normalized spacial score (nSPS) is 15.3. The predicted octanol–water partition coefficient (Wildman–Crippen LogP) is 4.60. The van der Waals surface area contributed by atoms with Crippen LogP contribution in [-0.4, -0.2) is 57.7 Å². The molecule has 4 aromatic rings. The van der Waals surface area contributed by atoms with E-state index in [2.05, 4.69) is 14.9 Å². The summed E-state index contributed by atoms with van der Waals surface area (Å²) >= 11 is 0. The van der Waals surface area contributed by atoms with E-state index in [4.69, 9.17) is 4.74 Å². The van der Waals surface area contributed by atoms with Crippen LogP contribution in [0.15, 0.2) is 54.9 Å². The summed E-state index contributed by atoms with van der Waals surface area (Å²) in [6.07, 6.45) is 7.36. The molecule has 3 heterocycles. The fraction of sp³-hybridized carbons (Fsp3) is 0.308. The van der Waals surface area contributed by atoms with Gasteiger partial charge in [0.15, 0.2) is 0 Å². The number of rotatable bonds is 7. The lowest BCUT2D eigenvalue weighted by molar-refractivity contribution is 0.0113. The van der Waals surface area contributed by atoms with Gasteiger partial charge in [0.05, 0.1) is 11.1 Å². The molecule has 170 valence electrons. The van der Waals surface area contributed by atoms with E-state index in [0.717, 1.165) is 72.7 Å². The van der Waals surface area contributed by atoms with Crippen molar-refractivity contribution in [1.82, 2.24) is 14.9 Å². The van der Waals surface area contributed by atoms with Crippen LogP contribution >= 0.6 is 0 Å². The SMILES string of the molecule is O=C(O)c1ccc2[nH]cc(CCCN3CCC(OC(=O)c4ccc5[nH]ccc5c4)CC3)c2c1. The minimum Gasteiger partial charge on any atom is -0.478 e. The quantitative estimate of drug-likeness (QED) is 0.361. The topological polar surface area (TPSA) is 98.4 Å². The molecule has 0 radical (unpaired) electrons. The number of aromatic nitrogens is 2. The van der Waals surface area contributed by atoms with Gasteiger partial charge in [0.25, 0.3) is 0 Å². The summed E-state index contributed by atoms with van der Waals surface area (Å²) in [4.78, 5) is 32.6. The van der Waals surface area contributed by atoms with E-state index in [9.17, 15) is 14.7 Å². The van der Waals surface area contributed by atoms with Gasteiger partial charge in [-0.3, -0.25) is 0 Å². The first-order valence-corrected chi connectivity index (χ1v) is 11.4. The fourth-order valence-electron chi connectivity index (χ4n) is 4.66. The van der Waals surface area contributed by atoms with Gasteiger partial charge in [0.2, 0.25) is 0 Å². The summed E-state index contributed by atoms with van der Waals surface area (Å²) in [5.41, 5.74) is 4.03. The largest absolute Gasteiger partial charge is 0.478 e. The lowest BCUT2D eigenvalue weighted by Crippen LogP contribution is -2.38. The van der Waals surface area contributed by atoms with E-state index in [1.54, 1.807) is 18.2 Å². The molecule has 33 heavy (non-hydrogen) atoms. The maximum atomic E-state index is 12.6. The lowest BCUT2D eigenvalue weighted by Gasteiger charge is -2.31. The highest BCUT2D eigenvalue weighted by atomic mass is 16.5. The van der Waals surface area contributed by atoms with Gasteiger partial charge in [-0.25, -0.2) is 9.59 Å². The molecule has 1 saturated heterocycles. The van der Waals surface area contributed by atoms with Crippen molar-refractivity contribution in [2.45, 2.75) is 31.8 Å². The standard InChI is InChI=1S/C26H27N3O4/c30-25(31)18-3-6-24-22(15-18)20(16-28-24)2-1-11-29-12-8-21(9-13-29)33-26(32)19-4-5-23-17(14-19)7-10-27-23/h3-7,10,14-16,21,27-28H,1-2,8-9,11-13H2,(H,30,31). The molecular weight excluding hydrogens is 418 g/mol. The number of nitrogens with zero attached hydrogens (tertiary/aromatic N) is 1. The van der Waals surface area contributed by atoms with E-state index in [1.807, 2.05) is 36.7 Å². The Bertz CT molecular complexity index is 1300. The van der Waals surface area contributed by atoms with E-state index in [1.165, 1.54) is 0 Å². The number of likely N-dealkylation sites (tertiary alicyclic amines) is 1. The summed E-state index contributed by atoms with van der Waals surface area (Å²) in [5, 5.41) is 11.2. The van der Waals surface area contributed by atoms with Gasteiger partial charge in [-0.05, 0) is 80.3 Å². The Morgan fingerprint density at radius 2 is 1.79 bits per heavy atom. The molecule has 1 aliphatic heterocycles. The number of ether oxygens (including phenoxy) is 1. The van der Waals surface area contributed by atoms with Crippen LogP contribution < -0.4 is 0 Å². The van der Waals surface area contributed by atoms with E-state index >= 15 is 0 Å². The molecule has 0 amide bonds. The number of aryl methyl sites for hydroxylation is 1. The smallest absolute Gasteiger partial charge is 0.338 e. The van der Waals surface area contributed by atoms with E-state index < -0.39 is 5.97 Å². The third-order valence-electron chi connectivity index (χ3n) is 6.53. The number of fused-ring (bicyclic) bond motifs is 2. The number of hydrogen-bond acceptors (Lipinski definition) is 4. The number of piperidine rings is 1. The number of aromatic carboxylic acids is 1. The molecule has 0 bridgehead atoms.